The van der Waals surface area contributed by atoms with Gasteiger partial charge in [0.15, 0.2) is 9.84 Å². The topological polar surface area (TPSA) is 73.3 Å². The molecule has 0 N–H and O–H groups in total. The number of hydrogen-bond donors (Lipinski definition) is 0. The van der Waals surface area contributed by atoms with Crippen molar-refractivity contribution in [3.8, 4) is 11.3 Å². The molecule has 0 unspecified atom stereocenters. The number of hydrogen-bond acceptors (Lipinski definition) is 6. The average Bonchev–Trinajstić information content (AvgIpc) is 2.86. The van der Waals surface area contributed by atoms with Crippen molar-refractivity contribution in [2.24, 2.45) is 0 Å². The lowest BCUT2D eigenvalue weighted by atomic mass is 10.2. The van der Waals surface area contributed by atoms with E-state index in [1.165, 1.54) is 17.6 Å². The van der Waals surface area contributed by atoms with Crippen LogP contribution in [0.4, 0.5) is 0 Å². The van der Waals surface area contributed by atoms with Gasteiger partial charge in [-0.2, -0.15) is 0 Å². The third-order valence-corrected chi connectivity index (χ3v) is 4.71. The van der Waals surface area contributed by atoms with Gasteiger partial charge in [0.1, 0.15) is 5.01 Å². The van der Waals surface area contributed by atoms with Crippen molar-refractivity contribution < 1.29 is 17.9 Å². The van der Waals surface area contributed by atoms with E-state index in [0.29, 0.717) is 11.6 Å². The molecule has 0 saturated heterocycles. The first-order valence-corrected chi connectivity index (χ1v) is 9.07. The second-order valence-corrected chi connectivity index (χ2v) is 7.36. The monoisotopic (exact) mass is 325 g/mol. The van der Waals surface area contributed by atoms with Gasteiger partial charge >= 0.3 is 5.97 Å². The smallest absolute Gasteiger partial charge is 0.312 e. The molecule has 0 spiro atoms. The van der Waals surface area contributed by atoms with E-state index >= 15 is 0 Å². The van der Waals surface area contributed by atoms with E-state index in [9.17, 15) is 13.2 Å². The van der Waals surface area contributed by atoms with E-state index in [-0.39, 0.29) is 17.3 Å². The summed E-state index contributed by atoms with van der Waals surface area (Å²) in [6, 6.07) is 6.52. The Kier molecular flexibility index (Phi) is 4.74. The molecule has 0 aliphatic rings. The van der Waals surface area contributed by atoms with Gasteiger partial charge in [-0.15, -0.1) is 11.3 Å². The van der Waals surface area contributed by atoms with Gasteiger partial charge in [0.2, 0.25) is 0 Å². The molecule has 0 aliphatic carbocycles. The van der Waals surface area contributed by atoms with Crippen LogP contribution < -0.4 is 0 Å². The zero-order chi connectivity index (χ0) is 15.5. The second-order valence-electron chi connectivity index (χ2n) is 4.40. The molecule has 1 aromatic heterocycles. The molecule has 0 atom stereocenters. The number of carbonyl (C=O) groups is 1. The standard InChI is InChI=1S/C14H15NO4S2/c1-3-19-14(16)8-13-15-12(9-20-13)10-4-6-11(7-5-10)21(2,17)18/h4-7,9H,3,8H2,1-2H3. The van der Waals surface area contributed by atoms with Gasteiger partial charge in [-0.3, -0.25) is 4.79 Å². The summed E-state index contributed by atoms with van der Waals surface area (Å²) in [4.78, 5) is 16.0. The molecule has 1 aromatic carbocycles. The number of aromatic nitrogens is 1. The van der Waals surface area contributed by atoms with Crippen LogP contribution in [0.15, 0.2) is 34.5 Å². The predicted octanol–water partition coefficient (Wildman–Crippen LogP) is 2.32. The molecular formula is C14H15NO4S2. The van der Waals surface area contributed by atoms with Gasteiger partial charge in [0.05, 0.1) is 23.6 Å². The highest BCUT2D eigenvalue weighted by molar-refractivity contribution is 7.90. The minimum Gasteiger partial charge on any atom is -0.466 e. The highest BCUT2D eigenvalue weighted by atomic mass is 32.2. The number of rotatable bonds is 5. The van der Waals surface area contributed by atoms with Crippen LogP contribution in [-0.4, -0.2) is 32.2 Å². The fraction of sp³-hybridized carbons (Fsp3) is 0.286. The van der Waals surface area contributed by atoms with Crippen LogP contribution in [-0.2, 0) is 25.8 Å². The van der Waals surface area contributed by atoms with Crippen LogP contribution in [0, 0.1) is 0 Å². The summed E-state index contributed by atoms with van der Waals surface area (Å²) in [6.45, 7) is 2.11. The van der Waals surface area contributed by atoms with Crippen molar-refractivity contribution in [2.75, 3.05) is 12.9 Å². The maximum Gasteiger partial charge on any atom is 0.312 e. The van der Waals surface area contributed by atoms with Crippen LogP contribution in [0.25, 0.3) is 11.3 Å². The van der Waals surface area contributed by atoms with Crippen molar-refractivity contribution in [1.29, 1.82) is 0 Å². The first kappa shape index (κ1) is 15.7. The number of carbonyl (C=O) groups excluding carboxylic acids is 1. The van der Waals surface area contributed by atoms with E-state index in [1.807, 2.05) is 5.38 Å². The Hall–Kier alpha value is -1.73. The molecule has 0 fully saturated rings. The molecule has 2 aromatic rings. The number of benzene rings is 1. The van der Waals surface area contributed by atoms with E-state index in [2.05, 4.69) is 4.98 Å². The zero-order valence-corrected chi connectivity index (χ0v) is 13.3. The Balaban J connectivity index is 2.16. The lowest BCUT2D eigenvalue weighted by Crippen LogP contribution is -2.07. The molecule has 0 radical (unpaired) electrons. The maximum absolute atomic E-state index is 11.4. The third-order valence-electron chi connectivity index (χ3n) is 2.73. The Morgan fingerprint density at radius 2 is 1.95 bits per heavy atom. The molecule has 0 aliphatic heterocycles. The summed E-state index contributed by atoms with van der Waals surface area (Å²) in [7, 11) is -3.20. The lowest BCUT2D eigenvalue weighted by molar-refractivity contribution is -0.142. The van der Waals surface area contributed by atoms with Crippen molar-refractivity contribution in [3.05, 3.63) is 34.7 Å². The van der Waals surface area contributed by atoms with E-state index in [0.717, 1.165) is 11.3 Å². The fourth-order valence-corrected chi connectivity index (χ4v) is 3.15. The molecule has 5 nitrogen and oxygen atoms in total. The molecule has 21 heavy (non-hydrogen) atoms. The minimum atomic E-state index is -3.20. The number of ether oxygens (including phenoxy) is 1. The van der Waals surface area contributed by atoms with Gasteiger partial charge in [-0.1, -0.05) is 12.1 Å². The lowest BCUT2D eigenvalue weighted by Gasteiger charge is -2.00. The molecule has 7 heteroatoms. The Labute approximate surface area is 127 Å². The van der Waals surface area contributed by atoms with E-state index in [1.54, 1.807) is 31.2 Å². The largest absolute Gasteiger partial charge is 0.466 e. The Morgan fingerprint density at radius 1 is 1.29 bits per heavy atom. The summed E-state index contributed by atoms with van der Waals surface area (Å²) in [6.07, 6.45) is 1.32. The normalized spacial score (nSPS) is 11.3. The summed E-state index contributed by atoms with van der Waals surface area (Å²) in [5, 5.41) is 2.51. The predicted molar refractivity (Wildman–Crippen MR) is 81.0 cm³/mol. The number of esters is 1. The van der Waals surface area contributed by atoms with Crippen molar-refractivity contribution in [2.45, 2.75) is 18.2 Å². The van der Waals surface area contributed by atoms with Crippen molar-refractivity contribution in [1.82, 2.24) is 4.98 Å². The summed E-state index contributed by atoms with van der Waals surface area (Å²) in [5.41, 5.74) is 1.54. The zero-order valence-electron chi connectivity index (χ0n) is 11.7. The number of thiazole rings is 1. The van der Waals surface area contributed by atoms with Gasteiger partial charge in [-0.05, 0) is 19.1 Å². The summed E-state index contributed by atoms with van der Waals surface area (Å²) < 4.78 is 27.7. The second kappa shape index (κ2) is 6.36. The minimum absolute atomic E-state index is 0.153. The molecule has 112 valence electrons. The molecule has 1 heterocycles. The van der Waals surface area contributed by atoms with Gasteiger partial charge < -0.3 is 4.74 Å². The fourth-order valence-electron chi connectivity index (χ4n) is 1.73. The summed E-state index contributed by atoms with van der Waals surface area (Å²) in [5.74, 6) is -0.300. The first-order valence-electron chi connectivity index (χ1n) is 6.30. The van der Waals surface area contributed by atoms with E-state index in [4.69, 9.17) is 4.74 Å². The molecule has 0 amide bonds. The van der Waals surface area contributed by atoms with Crippen LogP contribution >= 0.6 is 11.3 Å². The first-order chi connectivity index (χ1) is 9.90. The Bertz CT molecular complexity index is 733. The highest BCUT2D eigenvalue weighted by Crippen LogP contribution is 2.23. The molecule has 0 bridgehead atoms. The quantitative estimate of drug-likeness (QED) is 0.789. The van der Waals surface area contributed by atoms with Crippen LogP contribution in [0.2, 0.25) is 0 Å². The molecule has 0 saturated carbocycles. The maximum atomic E-state index is 11.4. The average molecular weight is 325 g/mol. The number of sulfone groups is 1. The van der Waals surface area contributed by atoms with Crippen LogP contribution in [0.3, 0.4) is 0 Å². The van der Waals surface area contributed by atoms with Gasteiger partial charge in [0.25, 0.3) is 0 Å². The molecule has 2 rings (SSSR count). The van der Waals surface area contributed by atoms with Gasteiger partial charge in [0, 0.05) is 17.2 Å². The molecular weight excluding hydrogens is 310 g/mol. The van der Waals surface area contributed by atoms with Crippen molar-refractivity contribution in [3.63, 3.8) is 0 Å². The van der Waals surface area contributed by atoms with Gasteiger partial charge in [-0.25, -0.2) is 13.4 Å². The Morgan fingerprint density at radius 3 is 2.52 bits per heavy atom. The third kappa shape index (κ3) is 4.12. The number of nitrogens with zero attached hydrogens (tertiary/aromatic N) is 1. The summed E-state index contributed by atoms with van der Waals surface area (Å²) >= 11 is 1.38. The van der Waals surface area contributed by atoms with Crippen LogP contribution in [0.5, 0.6) is 0 Å². The van der Waals surface area contributed by atoms with Crippen LogP contribution in [0.1, 0.15) is 11.9 Å². The highest BCUT2D eigenvalue weighted by Gasteiger charge is 2.11. The SMILES string of the molecule is CCOC(=O)Cc1nc(-c2ccc(S(C)(=O)=O)cc2)cs1. The van der Waals surface area contributed by atoms with E-state index < -0.39 is 9.84 Å². The van der Waals surface area contributed by atoms with Crippen molar-refractivity contribution >= 4 is 27.1 Å².